The standard InChI is InChI=1S/C11H9BrO3/c1-15-11(14)10(13)6-5-8-3-2-4-9(12)7-8/h2-7H,1H3/b6-5-. The Hall–Kier alpha value is -1.42. The van der Waals surface area contributed by atoms with Crippen LogP contribution in [0.2, 0.25) is 0 Å². The maximum absolute atomic E-state index is 11.1. The van der Waals surface area contributed by atoms with Crippen molar-refractivity contribution in [3.63, 3.8) is 0 Å². The molecule has 1 aromatic carbocycles. The summed E-state index contributed by atoms with van der Waals surface area (Å²) < 4.78 is 5.19. The topological polar surface area (TPSA) is 43.4 Å². The number of hydrogen-bond acceptors (Lipinski definition) is 3. The number of esters is 1. The van der Waals surface area contributed by atoms with Gasteiger partial charge >= 0.3 is 5.97 Å². The van der Waals surface area contributed by atoms with Crippen LogP contribution < -0.4 is 0 Å². The van der Waals surface area contributed by atoms with Crippen LogP contribution in [0.5, 0.6) is 0 Å². The summed E-state index contributed by atoms with van der Waals surface area (Å²) in [6.07, 6.45) is 2.75. The normalized spacial score (nSPS) is 10.3. The maximum Gasteiger partial charge on any atom is 0.378 e. The van der Waals surface area contributed by atoms with E-state index in [4.69, 9.17) is 0 Å². The third-order valence-corrected chi connectivity index (χ3v) is 2.16. The summed E-state index contributed by atoms with van der Waals surface area (Å²) in [6.45, 7) is 0. The monoisotopic (exact) mass is 268 g/mol. The van der Waals surface area contributed by atoms with E-state index in [9.17, 15) is 9.59 Å². The lowest BCUT2D eigenvalue weighted by atomic mass is 10.2. The Morgan fingerprint density at radius 3 is 2.73 bits per heavy atom. The van der Waals surface area contributed by atoms with Crippen molar-refractivity contribution in [1.29, 1.82) is 0 Å². The SMILES string of the molecule is COC(=O)C(=O)/C=C\c1cccc(Br)c1. The van der Waals surface area contributed by atoms with Crippen LogP contribution in [0.15, 0.2) is 34.8 Å². The molecule has 4 heteroatoms. The third kappa shape index (κ3) is 3.67. The van der Waals surface area contributed by atoms with Crippen LogP contribution in [0.4, 0.5) is 0 Å². The molecular formula is C11H9BrO3. The molecule has 0 N–H and O–H groups in total. The molecule has 1 rings (SSSR count). The van der Waals surface area contributed by atoms with Crippen LogP contribution >= 0.6 is 15.9 Å². The molecule has 0 aromatic heterocycles. The number of benzene rings is 1. The highest BCUT2D eigenvalue weighted by molar-refractivity contribution is 9.10. The second kappa shape index (κ2) is 5.46. The van der Waals surface area contributed by atoms with Gasteiger partial charge in [-0.05, 0) is 23.8 Å². The van der Waals surface area contributed by atoms with Crippen molar-refractivity contribution >= 4 is 33.8 Å². The Labute approximate surface area is 95.9 Å². The molecule has 0 aliphatic heterocycles. The summed E-state index contributed by atoms with van der Waals surface area (Å²) in [5.41, 5.74) is 0.835. The highest BCUT2D eigenvalue weighted by Gasteiger charge is 2.08. The van der Waals surface area contributed by atoms with Crippen molar-refractivity contribution in [2.75, 3.05) is 7.11 Å². The second-order valence-corrected chi connectivity index (χ2v) is 3.66. The van der Waals surface area contributed by atoms with E-state index in [-0.39, 0.29) is 0 Å². The first-order chi connectivity index (χ1) is 7.13. The summed E-state index contributed by atoms with van der Waals surface area (Å²) in [7, 11) is 1.17. The van der Waals surface area contributed by atoms with Crippen molar-refractivity contribution in [3.8, 4) is 0 Å². The highest BCUT2D eigenvalue weighted by atomic mass is 79.9. The average molecular weight is 269 g/mol. The zero-order valence-corrected chi connectivity index (χ0v) is 9.65. The van der Waals surface area contributed by atoms with Crippen LogP contribution in [-0.4, -0.2) is 18.9 Å². The molecule has 0 atom stereocenters. The Bertz CT molecular complexity index is 410. The van der Waals surface area contributed by atoms with Gasteiger partial charge in [-0.1, -0.05) is 34.1 Å². The van der Waals surface area contributed by atoms with Gasteiger partial charge in [-0.15, -0.1) is 0 Å². The van der Waals surface area contributed by atoms with E-state index in [0.717, 1.165) is 10.0 Å². The molecule has 0 bridgehead atoms. The smallest absolute Gasteiger partial charge is 0.378 e. The predicted octanol–water partition coefficient (Wildman–Crippen LogP) is 2.20. The molecule has 0 radical (unpaired) electrons. The molecule has 0 aliphatic rings. The Morgan fingerprint density at radius 2 is 2.13 bits per heavy atom. The minimum absolute atomic E-state index is 0.669. The zero-order chi connectivity index (χ0) is 11.3. The number of hydrogen-bond donors (Lipinski definition) is 0. The molecular weight excluding hydrogens is 260 g/mol. The Balaban J connectivity index is 2.74. The van der Waals surface area contributed by atoms with Crippen molar-refractivity contribution in [2.24, 2.45) is 0 Å². The Morgan fingerprint density at radius 1 is 1.40 bits per heavy atom. The number of ketones is 1. The van der Waals surface area contributed by atoms with Gasteiger partial charge in [-0.3, -0.25) is 4.79 Å². The van der Waals surface area contributed by atoms with Gasteiger partial charge in [0.05, 0.1) is 7.11 Å². The number of halogens is 1. The third-order valence-electron chi connectivity index (χ3n) is 1.66. The summed E-state index contributed by atoms with van der Waals surface area (Å²) >= 11 is 3.30. The van der Waals surface area contributed by atoms with Crippen LogP contribution in [0, 0.1) is 0 Å². The van der Waals surface area contributed by atoms with E-state index in [1.54, 1.807) is 6.08 Å². The fraction of sp³-hybridized carbons (Fsp3) is 0.0909. The molecule has 3 nitrogen and oxygen atoms in total. The minimum atomic E-state index is -0.860. The number of carbonyl (C=O) groups excluding carboxylic acids is 2. The van der Waals surface area contributed by atoms with Crippen molar-refractivity contribution in [2.45, 2.75) is 0 Å². The summed E-state index contributed by atoms with van der Waals surface area (Å²) in [6, 6.07) is 7.37. The quantitative estimate of drug-likeness (QED) is 0.480. The number of carbonyl (C=O) groups is 2. The van der Waals surface area contributed by atoms with Gasteiger partial charge in [0.25, 0.3) is 5.78 Å². The minimum Gasteiger partial charge on any atom is -0.463 e. The fourth-order valence-electron chi connectivity index (χ4n) is 0.951. The van der Waals surface area contributed by atoms with Gasteiger partial charge in [0.2, 0.25) is 0 Å². The van der Waals surface area contributed by atoms with Crippen LogP contribution in [0.3, 0.4) is 0 Å². The fourth-order valence-corrected chi connectivity index (χ4v) is 1.37. The zero-order valence-electron chi connectivity index (χ0n) is 8.07. The molecule has 0 saturated heterocycles. The first-order valence-corrected chi connectivity index (χ1v) is 4.98. The number of ether oxygens (including phenoxy) is 1. The van der Waals surface area contributed by atoms with E-state index in [1.807, 2.05) is 24.3 Å². The molecule has 1 aromatic rings. The molecule has 0 saturated carbocycles. The van der Waals surface area contributed by atoms with Gasteiger partial charge in [0, 0.05) is 4.47 Å². The molecule has 0 heterocycles. The summed E-state index contributed by atoms with van der Waals surface area (Å²) in [5.74, 6) is -1.53. The largest absolute Gasteiger partial charge is 0.463 e. The predicted molar refractivity (Wildman–Crippen MR) is 60.2 cm³/mol. The molecule has 0 aliphatic carbocycles. The van der Waals surface area contributed by atoms with Gasteiger partial charge < -0.3 is 4.74 Å². The maximum atomic E-state index is 11.1. The van der Waals surface area contributed by atoms with Crippen molar-refractivity contribution < 1.29 is 14.3 Å². The highest BCUT2D eigenvalue weighted by Crippen LogP contribution is 2.12. The van der Waals surface area contributed by atoms with Gasteiger partial charge in [0.1, 0.15) is 0 Å². The average Bonchev–Trinajstić information content (AvgIpc) is 2.25. The molecule has 15 heavy (non-hydrogen) atoms. The van der Waals surface area contributed by atoms with E-state index >= 15 is 0 Å². The van der Waals surface area contributed by atoms with Gasteiger partial charge in [0.15, 0.2) is 0 Å². The van der Waals surface area contributed by atoms with E-state index in [2.05, 4.69) is 20.7 Å². The molecule has 78 valence electrons. The second-order valence-electron chi connectivity index (χ2n) is 2.74. The first-order valence-electron chi connectivity index (χ1n) is 4.19. The number of methoxy groups -OCH3 is 1. The molecule has 0 amide bonds. The number of rotatable bonds is 3. The first kappa shape index (κ1) is 11.7. The van der Waals surface area contributed by atoms with Crippen molar-refractivity contribution in [3.05, 3.63) is 40.4 Å². The lowest BCUT2D eigenvalue weighted by Gasteiger charge is -1.94. The van der Waals surface area contributed by atoms with Crippen LogP contribution in [-0.2, 0) is 14.3 Å². The lowest BCUT2D eigenvalue weighted by molar-refractivity contribution is -0.149. The van der Waals surface area contributed by atoms with Crippen LogP contribution in [0.25, 0.3) is 6.08 Å². The Kier molecular flexibility index (Phi) is 4.24. The summed E-state index contributed by atoms with van der Waals surface area (Å²) in [5, 5.41) is 0. The van der Waals surface area contributed by atoms with Crippen LogP contribution in [0.1, 0.15) is 5.56 Å². The molecule has 0 fully saturated rings. The van der Waals surface area contributed by atoms with E-state index in [1.165, 1.54) is 13.2 Å². The lowest BCUT2D eigenvalue weighted by Crippen LogP contribution is -2.11. The van der Waals surface area contributed by atoms with Gasteiger partial charge in [-0.25, -0.2) is 4.79 Å². The molecule has 0 spiro atoms. The molecule has 0 unspecified atom stereocenters. The van der Waals surface area contributed by atoms with E-state index < -0.39 is 11.8 Å². The summed E-state index contributed by atoms with van der Waals surface area (Å²) in [4.78, 5) is 21.8. The van der Waals surface area contributed by atoms with E-state index in [0.29, 0.717) is 0 Å². The van der Waals surface area contributed by atoms with Gasteiger partial charge in [-0.2, -0.15) is 0 Å². The van der Waals surface area contributed by atoms with Crippen molar-refractivity contribution in [1.82, 2.24) is 0 Å².